The van der Waals surface area contributed by atoms with Crippen molar-refractivity contribution in [3.05, 3.63) is 69.0 Å². The van der Waals surface area contributed by atoms with Gasteiger partial charge in [-0.2, -0.15) is 0 Å². The molecular weight excluding hydrogens is 414 g/mol. The largest absolute Gasteiger partial charge is 0.366 e. The number of nitrogens with zero attached hydrogens (tertiary/aromatic N) is 3. The minimum atomic E-state index is -0.454. The number of carbonyl (C=O) groups is 1. The number of rotatable bonds is 7. The zero-order valence-electron chi connectivity index (χ0n) is 20.2. The summed E-state index contributed by atoms with van der Waals surface area (Å²) in [6.45, 7) is 13.2. The van der Waals surface area contributed by atoms with Gasteiger partial charge in [-0.15, -0.1) is 11.3 Å². The molecule has 5 heteroatoms. The lowest BCUT2D eigenvalue weighted by molar-refractivity contribution is 0.0863. The van der Waals surface area contributed by atoms with E-state index in [9.17, 15) is 4.79 Å². The number of aromatic nitrogens is 1. The van der Waals surface area contributed by atoms with Gasteiger partial charge in [0.25, 0.3) is 0 Å². The van der Waals surface area contributed by atoms with Gasteiger partial charge in [0.2, 0.25) is 0 Å². The SMILES string of the molecule is CCN(C)C=Nc1cc(C)c(Cc2nc(-c3ccccc3)c(C(=O)C(C)(C)C)s2)c(C)c1. The molecule has 168 valence electrons. The molecule has 0 atom stereocenters. The van der Waals surface area contributed by atoms with Crippen LogP contribution in [0.3, 0.4) is 0 Å². The minimum absolute atomic E-state index is 0.137. The Labute approximate surface area is 196 Å². The molecule has 0 spiro atoms. The normalized spacial score (nSPS) is 11.8. The van der Waals surface area contributed by atoms with E-state index in [2.05, 4.69) is 37.9 Å². The molecule has 0 saturated heterocycles. The van der Waals surface area contributed by atoms with E-state index in [4.69, 9.17) is 4.98 Å². The van der Waals surface area contributed by atoms with Crippen molar-refractivity contribution in [2.75, 3.05) is 13.6 Å². The van der Waals surface area contributed by atoms with Crippen LogP contribution in [0.2, 0.25) is 0 Å². The number of thiazole rings is 1. The van der Waals surface area contributed by atoms with Crippen molar-refractivity contribution in [2.45, 2.75) is 48.0 Å². The summed E-state index contributed by atoms with van der Waals surface area (Å²) in [5, 5.41) is 0.963. The van der Waals surface area contributed by atoms with Crippen molar-refractivity contribution in [1.82, 2.24) is 9.88 Å². The average Bonchev–Trinajstić information content (AvgIpc) is 3.17. The zero-order chi connectivity index (χ0) is 23.5. The maximum atomic E-state index is 13.2. The summed E-state index contributed by atoms with van der Waals surface area (Å²) < 4.78 is 0. The first-order valence-corrected chi connectivity index (χ1v) is 11.9. The molecule has 0 fully saturated rings. The lowest BCUT2D eigenvalue weighted by Crippen LogP contribution is -2.19. The van der Waals surface area contributed by atoms with Crippen LogP contribution in [0.25, 0.3) is 11.3 Å². The van der Waals surface area contributed by atoms with Gasteiger partial charge in [-0.3, -0.25) is 4.79 Å². The van der Waals surface area contributed by atoms with E-state index in [1.165, 1.54) is 28.0 Å². The van der Waals surface area contributed by atoms with Gasteiger partial charge in [0.05, 0.1) is 27.6 Å². The van der Waals surface area contributed by atoms with Gasteiger partial charge in [-0.1, -0.05) is 51.1 Å². The Morgan fingerprint density at radius 1 is 1.12 bits per heavy atom. The third-order valence-electron chi connectivity index (χ3n) is 5.52. The Balaban J connectivity index is 1.98. The van der Waals surface area contributed by atoms with Gasteiger partial charge in [0, 0.05) is 31.0 Å². The predicted molar refractivity (Wildman–Crippen MR) is 137 cm³/mol. The number of hydrogen-bond donors (Lipinski definition) is 0. The first kappa shape index (κ1) is 23.9. The second-order valence-electron chi connectivity index (χ2n) is 9.28. The highest BCUT2D eigenvalue weighted by molar-refractivity contribution is 7.14. The molecule has 0 unspecified atom stereocenters. The molecule has 32 heavy (non-hydrogen) atoms. The standard InChI is InChI=1S/C27H33N3OS/c1-8-30(7)17-28-21-14-18(2)22(19(3)15-21)16-23-29-24(20-12-10-9-11-13-20)25(32-23)26(31)27(4,5)6/h9-15,17H,8,16H2,1-7H3. The zero-order valence-corrected chi connectivity index (χ0v) is 21.0. The molecular formula is C27H33N3OS. The maximum Gasteiger partial charge on any atom is 0.180 e. The third-order valence-corrected chi connectivity index (χ3v) is 6.57. The topological polar surface area (TPSA) is 45.6 Å². The lowest BCUT2D eigenvalue weighted by Gasteiger charge is -2.15. The minimum Gasteiger partial charge on any atom is -0.366 e. The van der Waals surface area contributed by atoms with Crippen LogP contribution in [0.4, 0.5) is 5.69 Å². The molecule has 0 bridgehead atoms. The lowest BCUT2D eigenvalue weighted by atomic mass is 9.89. The summed E-state index contributed by atoms with van der Waals surface area (Å²) in [5.74, 6) is 0.137. The van der Waals surface area contributed by atoms with Crippen molar-refractivity contribution in [3.63, 3.8) is 0 Å². The summed E-state index contributed by atoms with van der Waals surface area (Å²) >= 11 is 1.53. The highest BCUT2D eigenvalue weighted by atomic mass is 32.1. The van der Waals surface area contributed by atoms with Gasteiger partial charge < -0.3 is 4.90 Å². The van der Waals surface area contributed by atoms with E-state index in [1.54, 1.807) is 0 Å². The Bertz CT molecular complexity index is 1100. The molecule has 0 amide bonds. The summed E-state index contributed by atoms with van der Waals surface area (Å²) in [7, 11) is 2.01. The number of benzene rings is 2. The summed E-state index contributed by atoms with van der Waals surface area (Å²) in [6, 6.07) is 14.2. The molecule has 4 nitrogen and oxygen atoms in total. The maximum absolute atomic E-state index is 13.2. The molecule has 1 heterocycles. The van der Waals surface area contributed by atoms with Crippen LogP contribution in [-0.4, -0.2) is 35.6 Å². The van der Waals surface area contributed by atoms with Crippen LogP contribution in [0.5, 0.6) is 0 Å². The average molecular weight is 448 g/mol. The first-order valence-electron chi connectivity index (χ1n) is 11.0. The highest BCUT2D eigenvalue weighted by Gasteiger charge is 2.29. The van der Waals surface area contributed by atoms with Crippen molar-refractivity contribution in [2.24, 2.45) is 10.4 Å². The Kier molecular flexibility index (Phi) is 7.29. The van der Waals surface area contributed by atoms with Gasteiger partial charge in [-0.05, 0) is 49.6 Å². The van der Waals surface area contributed by atoms with Crippen LogP contribution in [-0.2, 0) is 6.42 Å². The molecule has 0 aliphatic heterocycles. The van der Waals surface area contributed by atoms with Crippen LogP contribution >= 0.6 is 11.3 Å². The fraction of sp³-hybridized carbons (Fsp3) is 0.370. The van der Waals surface area contributed by atoms with E-state index >= 15 is 0 Å². The molecule has 1 aromatic heterocycles. The van der Waals surface area contributed by atoms with Crippen molar-refractivity contribution in [1.29, 1.82) is 0 Å². The van der Waals surface area contributed by atoms with Gasteiger partial charge in [-0.25, -0.2) is 9.98 Å². The molecule has 0 aliphatic rings. The van der Waals surface area contributed by atoms with E-state index in [0.717, 1.165) is 33.4 Å². The van der Waals surface area contributed by atoms with Crippen molar-refractivity contribution < 1.29 is 4.79 Å². The summed E-state index contributed by atoms with van der Waals surface area (Å²) in [4.78, 5) is 25.5. The van der Waals surface area contributed by atoms with Gasteiger partial charge >= 0.3 is 0 Å². The Hall–Kier alpha value is -2.79. The first-order chi connectivity index (χ1) is 15.1. The van der Waals surface area contributed by atoms with E-state index in [1.807, 2.05) is 69.4 Å². The fourth-order valence-electron chi connectivity index (χ4n) is 3.45. The quantitative estimate of drug-likeness (QED) is 0.226. The van der Waals surface area contributed by atoms with Crippen molar-refractivity contribution in [3.8, 4) is 11.3 Å². The van der Waals surface area contributed by atoms with Gasteiger partial charge in [0.1, 0.15) is 0 Å². The number of carbonyl (C=O) groups excluding carboxylic acids is 1. The van der Waals surface area contributed by atoms with E-state index in [0.29, 0.717) is 6.42 Å². The number of Topliss-reactive ketones (excluding diaryl/α,β-unsaturated/α-hetero) is 1. The summed E-state index contributed by atoms with van der Waals surface area (Å²) in [6.07, 6.45) is 2.57. The number of ketones is 1. The second kappa shape index (κ2) is 9.78. The Morgan fingerprint density at radius 2 is 1.75 bits per heavy atom. The molecule has 0 aliphatic carbocycles. The van der Waals surface area contributed by atoms with Crippen LogP contribution in [0.15, 0.2) is 47.5 Å². The Morgan fingerprint density at radius 3 is 2.31 bits per heavy atom. The number of hydrogen-bond acceptors (Lipinski definition) is 4. The van der Waals surface area contributed by atoms with E-state index in [-0.39, 0.29) is 5.78 Å². The number of aliphatic imine (C=N–C) groups is 1. The molecule has 0 radical (unpaired) electrons. The number of aryl methyl sites for hydroxylation is 2. The van der Waals surface area contributed by atoms with Crippen LogP contribution in [0, 0.1) is 19.3 Å². The molecule has 0 saturated carbocycles. The predicted octanol–water partition coefficient (Wildman–Crippen LogP) is 6.86. The van der Waals surface area contributed by atoms with E-state index < -0.39 is 5.41 Å². The van der Waals surface area contributed by atoms with Gasteiger partial charge in [0.15, 0.2) is 5.78 Å². The molecule has 3 aromatic rings. The molecule has 3 rings (SSSR count). The fourth-order valence-corrected chi connectivity index (χ4v) is 4.70. The summed E-state index contributed by atoms with van der Waals surface area (Å²) in [5.41, 5.74) is 5.91. The van der Waals surface area contributed by atoms with Crippen LogP contribution in [0.1, 0.15) is 59.1 Å². The second-order valence-corrected chi connectivity index (χ2v) is 10.4. The smallest absolute Gasteiger partial charge is 0.180 e. The van der Waals surface area contributed by atoms with Crippen molar-refractivity contribution >= 4 is 29.1 Å². The van der Waals surface area contributed by atoms with Crippen LogP contribution < -0.4 is 0 Å². The molecule has 2 aromatic carbocycles. The molecule has 0 N–H and O–H groups in total. The monoisotopic (exact) mass is 447 g/mol. The third kappa shape index (κ3) is 5.52. The highest BCUT2D eigenvalue weighted by Crippen LogP contribution is 2.35.